The predicted octanol–water partition coefficient (Wildman–Crippen LogP) is 8.33. The van der Waals surface area contributed by atoms with Crippen molar-refractivity contribution in [3.63, 3.8) is 0 Å². The Balaban J connectivity index is 1.47. The van der Waals surface area contributed by atoms with Gasteiger partial charge in [-0.05, 0) is 46.0 Å². The van der Waals surface area contributed by atoms with Gasteiger partial charge in [-0.25, -0.2) is 4.98 Å². The zero-order valence-electron chi connectivity index (χ0n) is 20.7. The van der Waals surface area contributed by atoms with Crippen LogP contribution in [0.4, 0.5) is 0 Å². The van der Waals surface area contributed by atoms with Crippen molar-refractivity contribution in [1.82, 2.24) is 15.0 Å². The van der Waals surface area contributed by atoms with Crippen LogP contribution in [0.5, 0.6) is 11.5 Å². The number of ether oxygens (including phenoxy) is 1. The number of hydrogen-bond acceptors (Lipinski definition) is 4. The maximum atomic E-state index is 6.50. The molecule has 184 valence electrons. The molecular weight excluding hydrogens is 502 g/mol. The smallest absolute Gasteiger partial charge is 0.226 e. The van der Waals surface area contributed by atoms with Gasteiger partial charge >= 0.3 is 0 Å². The van der Waals surface area contributed by atoms with Crippen LogP contribution in [0.1, 0.15) is 22.3 Å². The van der Waals surface area contributed by atoms with Crippen molar-refractivity contribution in [1.29, 1.82) is 0 Å². The number of aromatic nitrogens is 3. The molecule has 5 aromatic carbocycles. The third-order valence-electron chi connectivity index (χ3n) is 7.75. The fraction of sp³-hybridized carbons (Fsp3) is 0.0294. The molecule has 0 atom stereocenters. The van der Waals surface area contributed by atoms with E-state index in [2.05, 4.69) is 88.8 Å². The van der Waals surface area contributed by atoms with Gasteiger partial charge in [-0.15, -0.1) is 0 Å². The molecule has 2 heterocycles. The first-order chi connectivity index (χ1) is 19.2. The SMILES string of the molecule is Clc1nc(-c2ccccc2)nc(-c2cccc3c2-c2ccccc2C32c3ccccc3Oc3ccccc32)n1. The molecule has 8 rings (SSSR count). The molecule has 1 spiro atoms. The lowest BCUT2D eigenvalue weighted by Gasteiger charge is -2.39. The van der Waals surface area contributed by atoms with Crippen LogP contribution in [0.15, 0.2) is 121 Å². The van der Waals surface area contributed by atoms with E-state index >= 15 is 0 Å². The summed E-state index contributed by atoms with van der Waals surface area (Å²) in [6.07, 6.45) is 0. The van der Waals surface area contributed by atoms with Gasteiger partial charge in [0.25, 0.3) is 0 Å². The minimum atomic E-state index is -0.549. The molecule has 0 saturated heterocycles. The average molecular weight is 522 g/mol. The number of para-hydroxylation sites is 2. The second-order valence-electron chi connectivity index (χ2n) is 9.74. The predicted molar refractivity (Wildman–Crippen MR) is 153 cm³/mol. The van der Waals surface area contributed by atoms with Gasteiger partial charge in [0, 0.05) is 22.3 Å². The van der Waals surface area contributed by atoms with Crippen LogP contribution in [-0.2, 0) is 5.41 Å². The third-order valence-corrected chi connectivity index (χ3v) is 7.92. The lowest BCUT2D eigenvalue weighted by Crippen LogP contribution is -2.32. The molecule has 5 heteroatoms. The van der Waals surface area contributed by atoms with E-state index in [4.69, 9.17) is 21.3 Å². The standard InChI is InChI=1S/C34H20ClN3O/c35-33-37-31(21-11-2-1-3-12-21)36-32(38-33)23-14-10-18-27-30(23)22-13-4-5-15-24(22)34(27)25-16-6-8-19-28(25)39-29-20-9-7-17-26(29)34/h1-20H. The van der Waals surface area contributed by atoms with Crippen LogP contribution in [-0.4, -0.2) is 15.0 Å². The van der Waals surface area contributed by atoms with Crippen LogP contribution in [0.3, 0.4) is 0 Å². The van der Waals surface area contributed by atoms with Gasteiger partial charge in [-0.3, -0.25) is 0 Å². The summed E-state index contributed by atoms with van der Waals surface area (Å²) in [5, 5.41) is 0.166. The molecule has 39 heavy (non-hydrogen) atoms. The van der Waals surface area contributed by atoms with Crippen molar-refractivity contribution in [2.45, 2.75) is 5.41 Å². The Morgan fingerprint density at radius 1 is 0.487 bits per heavy atom. The minimum Gasteiger partial charge on any atom is -0.457 e. The number of rotatable bonds is 2. The molecule has 0 N–H and O–H groups in total. The molecule has 2 aliphatic rings. The fourth-order valence-corrected chi connectivity index (χ4v) is 6.44. The van der Waals surface area contributed by atoms with E-state index in [1.165, 1.54) is 11.1 Å². The Hall–Kier alpha value is -4.80. The first-order valence-corrected chi connectivity index (χ1v) is 13.2. The summed E-state index contributed by atoms with van der Waals surface area (Å²) in [6, 6.07) is 41.5. The quantitative estimate of drug-likeness (QED) is 0.229. The number of fused-ring (bicyclic) bond motifs is 9. The van der Waals surface area contributed by atoms with Gasteiger partial charge in [-0.1, -0.05) is 109 Å². The lowest BCUT2D eigenvalue weighted by atomic mass is 9.66. The number of hydrogen-bond donors (Lipinski definition) is 0. The van der Waals surface area contributed by atoms with E-state index in [0.29, 0.717) is 11.6 Å². The van der Waals surface area contributed by atoms with Gasteiger partial charge in [0.15, 0.2) is 11.6 Å². The summed E-state index contributed by atoms with van der Waals surface area (Å²) >= 11 is 6.50. The van der Waals surface area contributed by atoms with Gasteiger partial charge in [0.05, 0.1) is 5.41 Å². The van der Waals surface area contributed by atoms with Crippen LogP contribution < -0.4 is 4.74 Å². The Morgan fingerprint density at radius 3 is 1.79 bits per heavy atom. The van der Waals surface area contributed by atoms with Gasteiger partial charge in [-0.2, -0.15) is 9.97 Å². The summed E-state index contributed by atoms with van der Waals surface area (Å²) in [7, 11) is 0. The molecule has 0 fully saturated rings. The number of halogens is 1. The van der Waals surface area contributed by atoms with Crippen LogP contribution in [0, 0.1) is 0 Å². The summed E-state index contributed by atoms with van der Waals surface area (Å²) in [5.41, 5.74) is 8.11. The van der Waals surface area contributed by atoms with Gasteiger partial charge in [0.2, 0.25) is 5.28 Å². The molecule has 1 aromatic heterocycles. The van der Waals surface area contributed by atoms with Crippen molar-refractivity contribution in [2.75, 3.05) is 0 Å². The largest absolute Gasteiger partial charge is 0.457 e. The van der Waals surface area contributed by atoms with E-state index < -0.39 is 5.41 Å². The molecular formula is C34H20ClN3O. The van der Waals surface area contributed by atoms with Crippen LogP contribution in [0.2, 0.25) is 5.28 Å². The van der Waals surface area contributed by atoms with Crippen LogP contribution in [0.25, 0.3) is 33.9 Å². The number of nitrogens with zero attached hydrogens (tertiary/aromatic N) is 3. The van der Waals surface area contributed by atoms with Gasteiger partial charge in [0.1, 0.15) is 11.5 Å². The monoisotopic (exact) mass is 521 g/mol. The molecule has 1 aliphatic carbocycles. The molecule has 0 bridgehead atoms. The first-order valence-electron chi connectivity index (χ1n) is 12.8. The second kappa shape index (κ2) is 8.35. The Labute approximate surface area is 230 Å². The Kier molecular flexibility index (Phi) is 4.76. The van der Waals surface area contributed by atoms with E-state index in [-0.39, 0.29) is 5.28 Å². The lowest BCUT2D eigenvalue weighted by molar-refractivity contribution is 0.436. The topological polar surface area (TPSA) is 47.9 Å². The molecule has 0 unspecified atom stereocenters. The van der Waals surface area contributed by atoms with Crippen molar-refractivity contribution in [3.05, 3.63) is 149 Å². The Morgan fingerprint density at radius 2 is 1.05 bits per heavy atom. The summed E-state index contributed by atoms with van der Waals surface area (Å²) in [6.45, 7) is 0. The molecule has 0 saturated carbocycles. The van der Waals surface area contributed by atoms with Gasteiger partial charge < -0.3 is 4.74 Å². The highest BCUT2D eigenvalue weighted by atomic mass is 35.5. The number of benzene rings is 5. The van der Waals surface area contributed by atoms with Crippen molar-refractivity contribution >= 4 is 11.6 Å². The van der Waals surface area contributed by atoms with Crippen molar-refractivity contribution < 1.29 is 4.74 Å². The summed E-state index contributed by atoms with van der Waals surface area (Å²) in [5.74, 6) is 2.81. The third kappa shape index (κ3) is 3.09. The molecule has 1 aliphatic heterocycles. The maximum Gasteiger partial charge on any atom is 0.226 e. The van der Waals surface area contributed by atoms with E-state index in [1.54, 1.807) is 0 Å². The zero-order chi connectivity index (χ0) is 26.0. The fourth-order valence-electron chi connectivity index (χ4n) is 6.28. The van der Waals surface area contributed by atoms with E-state index in [1.807, 2.05) is 42.5 Å². The molecule has 6 aromatic rings. The summed E-state index contributed by atoms with van der Waals surface area (Å²) in [4.78, 5) is 14.0. The highest BCUT2D eigenvalue weighted by Crippen LogP contribution is 2.63. The van der Waals surface area contributed by atoms with Crippen molar-refractivity contribution in [2.24, 2.45) is 0 Å². The zero-order valence-corrected chi connectivity index (χ0v) is 21.4. The summed E-state index contributed by atoms with van der Waals surface area (Å²) < 4.78 is 6.44. The molecule has 0 amide bonds. The maximum absolute atomic E-state index is 6.50. The van der Waals surface area contributed by atoms with Crippen LogP contribution >= 0.6 is 11.6 Å². The van der Waals surface area contributed by atoms with Crippen molar-refractivity contribution in [3.8, 4) is 45.4 Å². The Bertz CT molecular complexity index is 1870. The highest BCUT2D eigenvalue weighted by Gasteiger charge is 2.51. The second-order valence-corrected chi connectivity index (χ2v) is 10.1. The first kappa shape index (κ1) is 22.2. The minimum absolute atomic E-state index is 0.166. The normalized spacial score (nSPS) is 13.7. The molecule has 0 radical (unpaired) electrons. The average Bonchev–Trinajstić information content (AvgIpc) is 3.29. The molecule has 4 nitrogen and oxygen atoms in total. The highest BCUT2D eigenvalue weighted by molar-refractivity contribution is 6.28. The van der Waals surface area contributed by atoms with E-state index in [0.717, 1.165) is 44.9 Å². The van der Waals surface area contributed by atoms with E-state index in [9.17, 15) is 0 Å².